The number of ether oxygens (including phenoxy) is 1. The Morgan fingerprint density at radius 1 is 1.40 bits per heavy atom. The number of carbonyl (C=O) groups is 1. The van der Waals surface area contributed by atoms with Crippen molar-refractivity contribution in [1.82, 2.24) is 10.4 Å². The quantitative estimate of drug-likeness (QED) is 0.689. The van der Waals surface area contributed by atoms with Crippen LogP contribution in [0, 0.1) is 0 Å². The first-order chi connectivity index (χ1) is 6.49. The zero-order valence-electron chi connectivity index (χ0n) is 9.41. The second-order valence-electron chi connectivity index (χ2n) is 4.17. The van der Waals surface area contributed by atoms with Gasteiger partial charge in [-0.25, -0.2) is 4.79 Å². The van der Waals surface area contributed by atoms with Gasteiger partial charge in [-0.15, -0.1) is 12.4 Å². The minimum atomic E-state index is -0.472. The average Bonchev–Trinajstić information content (AvgIpc) is 2.27. The van der Waals surface area contributed by atoms with Crippen LogP contribution in [0.5, 0.6) is 0 Å². The summed E-state index contributed by atoms with van der Waals surface area (Å²) in [5, 5.41) is 4.39. The first kappa shape index (κ1) is 14.5. The van der Waals surface area contributed by atoms with Crippen molar-refractivity contribution in [1.29, 1.82) is 0 Å². The molecule has 5 nitrogen and oxygen atoms in total. The predicted molar refractivity (Wildman–Crippen MR) is 59.0 cm³/mol. The standard InChI is InChI=1S/C9H18N2O3.ClH/c1-9(2,3)14-8(12)11-6-4-10-5-7-13-11;/h10H,4-7H2,1-3H3;1H. The summed E-state index contributed by atoms with van der Waals surface area (Å²) in [6.45, 7) is 8.02. The van der Waals surface area contributed by atoms with Crippen LogP contribution in [-0.4, -0.2) is 43.0 Å². The van der Waals surface area contributed by atoms with Crippen LogP contribution in [0.2, 0.25) is 0 Å². The van der Waals surface area contributed by atoms with Crippen molar-refractivity contribution in [3.05, 3.63) is 0 Å². The second kappa shape index (κ2) is 6.15. The topological polar surface area (TPSA) is 50.8 Å². The van der Waals surface area contributed by atoms with Gasteiger partial charge in [-0.2, -0.15) is 5.06 Å². The van der Waals surface area contributed by atoms with Crippen LogP contribution in [0.4, 0.5) is 4.79 Å². The van der Waals surface area contributed by atoms with E-state index in [4.69, 9.17) is 9.57 Å². The van der Waals surface area contributed by atoms with E-state index < -0.39 is 11.7 Å². The molecule has 15 heavy (non-hydrogen) atoms. The summed E-state index contributed by atoms with van der Waals surface area (Å²) < 4.78 is 5.17. The number of hydroxylamine groups is 2. The van der Waals surface area contributed by atoms with Gasteiger partial charge in [0, 0.05) is 13.1 Å². The van der Waals surface area contributed by atoms with Crippen LogP contribution < -0.4 is 5.32 Å². The molecule has 1 saturated heterocycles. The Balaban J connectivity index is 0.00000196. The number of carbonyl (C=O) groups excluding carboxylic acids is 1. The highest BCUT2D eigenvalue weighted by Crippen LogP contribution is 2.10. The van der Waals surface area contributed by atoms with Gasteiger partial charge in [0.05, 0.1) is 13.2 Å². The Kier molecular flexibility index (Phi) is 5.93. The van der Waals surface area contributed by atoms with Crippen molar-refractivity contribution in [3.8, 4) is 0 Å². The molecule has 1 amide bonds. The van der Waals surface area contributed by atoms with E-state index in [1.54, 1.807) is 0 Å². The summed E-state index contributed by atoms with van der Waals surface area (Å²) in [4.78, 5) is 16.7. The zero-order valence-corrected chi connectivity index (χ0v) is 10.2. The lowest BCUT2D eigenvalue weighted by atomic mass is 10.2. The average molecular weight is 239 g/mol. The van der Waals surface area contributed by atoms with Crippen molar-refractivity contribution < 1.29 is 14.4 Å². The van der Waals surface area contributed by atoms with Gasteiger partial charge in [0.15, 0.2) is 0 Å². The van der Waals surface area contributed by atoms with Gasteiger partial charge in [-0.3, -0.25) is 4.84 Å². The molecular weight excluding hydrogens is 220 g/mol. The van der Waals surface area contributed by atoms with Crippen LogP contribution in [0.15, 0.2) is 0 Å². The minimum Gasteiger partial charge on any atom is -0.442 e. The van der Waals surface area contributed by atoms with Crippen molar-refractivity contribution in [2.24, 2.45) is 0 Å². The van der Waals surface area contributed by atoms with E-state index >= 15 is 0 Å². The van der Waals surface area contributed by atoms with E-state index in [0.717, 1.165) is 13.1 Å². The predicted octanol–water partition coefficient (Wildman–Crippen LogP) is 1.18. The molecule has 0 aliphatic carbocycles. The molecule has 6 heteroatoms. The van der Waals surface area contributed by atoms with Crippen LogP contribution in [0.25, 0.3) is 0 Å². The first-order valence-corrected chi connectivity index (χ1v) is 4.83. The Morgan fingerprint density at radius 2 is 2.07 bits per heavy atom. The van der Waals surface area contributed by atoms with Crippen LogP contribution in [0.3, 0.4) is 0 Å². The van der Waals surface area contributed by atoms with Crippen LogP contribution in [0.1, 0.15) is 20.8 Å². The summed E-state index contributed by atoms with van der Waals surface area (Å²) >= 11 is 0. The van der Waals surface area contributed by atoms with Gasteiger partial charge < -0.3 is 10.1 Å². The Labute approximate surface area is 96.5 Å². The number of hydrogen-bond acceptors (Lipinski definition) is 4. The molecular formula is C9H19ClN2O3. The number of nitrogens with zero attached hydrogens (tertiary/aromatic N) is 1. The Bertz CT molecular complexity index is 198. The molecule has 1 heterocycles. The summed E-state index contributed by atoms with van der Waals surface area (Å²) in [7, 11) is 0. The molecule has 1 aliphatic heterocycles. The highest BCUT2D eigenvalue weighted by Gasteiger charge is 2.23. The molecule has 0 bridgehead atoms. The Morgan fingerprint density at radius 3 is 2.67 bits per heavy atom. The van der Waals surface area contributed by atoms with Crippen molar-refractivity contribution in [2.75, 3.05) is 26.2 Å². The van der Waals surface area contributed by atoms with E-state index in [-0.39, 0.29) is 12.4 Å². The highest BCUT2D eigenvalue weighted by molar-refractivity contribution is 5.85. The summed E-state index contributed by atoms with van der Waals surface area (Å²) in [6, 6.07) is 0. The van der Waals surface area contributed by atoms with E-state index in [1.165, 1.54) is 5.06 Å². The molecule has 90 valence electrons. The van der Waals surface area contributed by atoms with Gasteiger partial charge in [-0.05, 0) is 20.8 Å². The smallest absolute Gasteiger partial charge is 0.434 e. The SMILES string of the molecule is CC(C)(C)OC(=O)N1CCNCCO1.Cl. The summed E-state index contributed by atoms with van der Waals surface area (Å²) in [5.74, 6) is 0. The van der Waals surface area contributed by atoms with Crippen molar-refractivity contribution in [3.63, 3.8) is 0 Å². The van der Waals surface area contributed by atoms with Gasteiger partial charge in [0.2, 0.25) is 0 Å². The highest BCUT2D eigenvalue weighted by atomic mass is 35.5. The molecule has 1 N–H and O–H groups in total. The maximum absolute atomic E-state index is 11.5. The van der Waals surface area contributed by atoms with E-state index in [1.807, 2.05) is 20.8 Å². The fraction of sp³-hybridized carbons (Fsp3) is 0.889. The lowest BCUT2D eigenvalue weighted by molar-refractivity contribution is -0.137. The van der Waals surface area contributed by atoms with E-state index in [2.05, 4.69) is 5.32 Å². The van der Waals surface area contributed by atoms with E-state index in [9.17, 15) is 4.79 Å². The fourth-order valence-corrected chi connectivity index (χ4v) is 1.05. The molecule has 0 aromatic heterocycles. The third kappa shape index (κ3) is 5.81. The molecule has 0 aromatic carbocycles. The number of hydrogen-bond donors (Lipinski definition) is 1. The zero-order chi connectivity index (χ0) is 10.6. The van der Waals surface area contributed by atoms with Gasteiger partial charge >= 0.3 is 6.09 Å². The third-order valence-corrected chi connectivity index (χ3v) is 1.61. The third-order valence-electron chi connectivity index (χ3n) is 1.61. The normalized spacial score (nSPS) is 17.7. The molecule has 0 atom stereocenters. The molecule has 0 saturated carbocycles. The number of halogens is 1. The maximum atomic E-state index is 11.5. The molecule has 0 spiro atoms. The Hall–Kier alpha value is -0.520. The molecule has 1 fully saturated rings. The number of nitrogens with one attached hydrogen (secondary N) is 1. The number of amides is 1. The molecule has 0 aromatic rings. The second-order valence-corrected chi connectivity index (χ2v) is 4.17. The van der Waals surface area contributed by atoms with Gasteiger partial charge in [0.1, 0.15) is 5.60 Å². The summed E-state index contributed by atoms with van der Waals surface area (Å²) in [6.07, 6.45) is -0.416. The van der Waals surface area contributed by atoms with Crippen molar-refractivity contribution in [2.45, 2.75) is 26.4 Å². The van der Waals surface area contributed by atoms with Gasteiger partial charge in [0.25, 0.3) is 0 Å². The first-order valence-electron chi connectivity index (χ1n) is 4.83. The molecule has 1 rings (SSSR count). The van der Waals surface area contributed by atoms with Gasteiger partial charge in [-0.1, -0.05) is 0 Å². The molecule has 0 radical (unpaired) electrons. The number of rotatable bonds is 0. The van der Waals surface area contributed by atoms with E-state index in [0.29, 0.717) is 13.2 Å². The molecule has 1 aliphatic rings. The van der Waals surface area contributed by atoms with Crippen LogP contribution in [-0.2, 0) is 9.57 Å². The summed E-state index contributed by atoms with van der Waals surface area (Å²) in [5.41, 5.74) is -0.472. The minimum absolute atomic E-state index is 0. The maximum Gasteiger partial charge on any atom is 0.434 e. The molecule has 0 unspecified atom stereocenters. The largest absolute Gasteiger partial charge is 0.442 e. The monoisotopic (exact) mass is 238 g/mol. The lowest BCUT2D eigenvalue weighted by Gasteiger charge is -2.25. The van der Waals surface area contributed by atoms with Crippen LogP contribution >= 0.6 is 12.4 Å². The lowest BCUT2D eigenvalue weighted by Crippen LogP contribution is -2.38. The fourth-order valence-electron chi connectivity index (χ4n) is 1.05. The van der Waals surface area contributed by atoms with Crippen molar-refractivity contribution >= 4 is 18.5 Å².